The van der Waals surface area contributed by atoms with Gasteiger partial charge in [0.25, 0.3) is 5.91 Å². The molecule has 1 saturated heterocycles. The molecule has 5 amide bonds. The van der Waals surface area contributed by atoms with Crippen LogP contribution in [-0.2, 0) is 20.9 Å². The number of hydrogen-bond donors (Lipinski definition) is 2. The number of thioether (sulfide) groups is 1. The minimum Gasteiger partial charge on any atom is -0.497 e. The third-order valence-corrected chi connectivity index (χ3v) is 9.02. The van der Waals surface area contributed by atoms with E-state index in [1.54, 1.807) is 48.5 Å². The highest BCUT2D eigenvalue weighted by Gasteiger charge is 2.57. The molecule has 2 aliphatic rings. The van der Waals surface area contributed by atoms with Crippen molar-refractivity contribution >= 4 is 52.5 Å². The topological polar surface area (TPSA) is 150 Å². The normalized spacial score (nSPS) is 20.1. The predicted octanol–water partition coefficient (Wildman–Crippen LogP) is 2.24. The summed E-state index contributed by atoms with van der Waals surface area (Å²) >= 11 is 1.91. The molecule has 0 aliphatic carbocycles. The zero-order valence-corrected chi connectivity index (χ0v) is 21.8. The third kappa shape index (κ3) is 4.33. The van der Waals surface area contributed by atoms with Crippen molar-refractivity contribution in [2.75, 3.05) is 19.5 Å². The van der Waals surface area contributed by atoms with Crippen LogP contribution in [0.4, 0.5) is 10.5 Å². The number of urea groups is 1. The Balaban J connectivity index is 1.53. The quantitative estimate of drug-likeness (QED) is 0.441. The lowest BCUT2D eigenvalue weighted by atomic mass is 9.83. The van der Waals surface area contributed by atoms with Crippen LogP contribution >= 0.6 is 23.1 Å². The molecular weight excluding hydrogens is 532 g/mol. The number of methoxy groups -OCH3 is 2. The number of ether oxygens (including phenoxy) is 2. The fraction of sp³-hybridized carbons (Fsp3) is 0.240. The largest absolute Gasteiger partial charge is 0.497 e. The smallest absolute Gasteiger partial charge is 0.328 e. The van der Waals surface area contributed by atoms with Crippen LogP contribution in [0.25, 0.3) is 0 Å². The number of fused-ring (bicyclic) bond motifs is 2. The number of nitrogens with zero attached hydrogens (tertiary/aromatic N) is 2. The molecule has 1 aromatic heterocycles. The minimum absolute atomic E-state index is 0.307. The molecule has 11 nitrogen and oxygen atoms in total. The zero-order chi connectivity index (χ0) is 27.1. The van der Waals surface area contributed by atoms with Crippen LogP contribution < -0.4 is 25.4 Å². The number of imide groups is 3. The fourth-order valence-corrected chi connectivity index (χ4v) is 7.43. The van der Waals surface area contributed by atoms with E-state index in [4.69, 9.17) is 15.2 Å². The average Bonchev–Trinajstić information content (AvgIpc) is 3.35. The first-order valence-corrected chi connectivity index (χ1v) is 13.1. The van der Waals surface area contributed by atoms with E-state index in [0.29, 0.717) is 37.6 Å². The highest BCUT2D eigenvalue weighted by Crippen LogP contribution is 2.53. The lowest BCUT2D eigenvalue weighted by Crippen LogP contribution is -2.41. The van der Waals surface area contributed by atoms with Gasteiger partial charge in [0.15, 0.2) is 0 Å². The molecule has 0 saturated carbocycles. The van der Waals surface area contributed by atoms with Gasteiger partial charge in [0, 0.05) is 16.5 Å². The average molecular weight is 555 g/mol. The molecule has 13 heteroatoms. The second kappa shape index (κ2) is 9.99. The van der Waals surface area contributed by atoms with Gasteiger partial charge in [0.1, 0.15) is 23.3 Å². The van der Waals surface area contributed by atoms with E-state index in [1.807, 2.05) is 0 Å². The summed E-state index contributed by atoms with van der Waals surface area (Å²) in [6.07, 6.45) is 0. The first kappa shape index (κ1) is 25.5. The molecule has 0 radical (unpaired) electrons. The number of anilines is 1. The number of benzene rings is 2. The number of thiazole rings is 1. The summed E-state index contributed by atoms with van der Waals surface area (Å²) in [5.74, 6) is -2.33. The Kier molecular flexibility index (Phi) is 6.71. The molecule has 2 aliphatic heterocycles. The van der Waals surface area contributed by atoms with E-state index < -0.39 is 45.7 Å². The van der Waals surface area contributed by atoms with Gasteiger partial charge < -0.3 is 20.5 Å². The van der Waals surface area contributed by atoms with E-state index in [2.05, 4.69) is 5.32 Å². The Morgan fingerprint density at radius 3 is 2.13 bits per heavy atom. The molecule has 1 fully saturated rings. The number of carbonyl (C=O) groups is 4. The van der Waals surface area contributed by atoms with Crippen LogP contribution in [-0.4, -0.2) is 52.7 Å². The van der Waals surface area contributed by atoms with Crippen molar-refractivity contribution in [1.82, 2.24) is 9.47 Å². The molecule has 3 unspecified atom stereocenters. The summed E-state index contributed by atoms with van der Waals surface area (Å²) in [4.78, 5) is 64.9. The summed E-state index contributed by atoms with van der Waals surface area (Å²) in [5, 5.41) is 2.16. The maximum atomic E-state index is 13.2. The Bertz CT molecular complexity index is 1500. The lowest BCUT2D eigenvalue weighted by molar-refractivity contribution is -0.135. The number of carbonyl (C=O) groups excluding carboxylic acids is 4. The van der Waals surface area contributed by atoms with Crippen molar-refractivity contribution in [1.29, 1.82) is 0 Å². The maximum Gasteiger partial charge on any atom is 0.328 e. The van der Waals surface area contributed by atoms with Crippen molar-refractivity contribution in [3.8, 4) is 11.5 Å². The highest BCUT2D eigenvalue weighted by atomic mass is 32.2. The van der Waals surface area contributed by atoms with E-state index in [1.165, 1.54) is 18.8 Å². The van der Waals surface area contributed by atoms with Gasteiger partial charge in [-0.2, -0.15) is 4.90 Å². The molecule has 0 bridgehead atoms. The van der Waals surface area contributed by atoms with Crippen LogP contribution in [0.3, 0.4) is 0 Å². The monoisotopic (exact) mass is 554 g/mol. The third-order valence-electron chi connectivity index (χ3n) is 6.42. The summed E-state index contributed by atoms with van der Waals surface area (Å²) in [6.45, 7) is -0.307. The summed E-state index contributed by atoms with van der Waals surface area (Å²) in [7, 11) is 3.06. The first-order chi connectivity index (χ1) is 18.2. The highest BCUT2D eigenvalue weighted by molar-refractivity contribution is 8.00. The molecule has 3 heterocycles. The van der Waals surface area contributed by atoms with Gasteiger partial charge >= 0.3 is 10.9 Å². The van der Waals surface area contributed by atoms with E-state index in [-0.39, 0.29) is 6.54 Å². The molecule has 3 atom stereocenters. The van der Waals surface area contributed by atoms with Gasteiger partial charge in [0.05, 0.1) is 25.2 Å². The summed E-state index contributed by atoms with van der Waals surface area (Å²) < 4.78 is 11.6. The van der Waals surface area contributed by atoms with Gasteiger partial charge in [0.2, 0.25) is 11.8 Å². The van der Waals surface area contributed by atoms with Gasteiger partial charge in [-0.3, -0.25) is 23.7 Å². The molecule has 3 N–H and O–H groups in total. The summed E-state index contributed by atoms with van der Waals surface area (Å²) in [5.41, 5.74) is 6.53. The van der Waals surface area contributed by atoms with Crippen molar-refractivity contribution in [2.45, 2.75) is 22.7 Å². The number of rotatable bonds is 6. The number of likely N-dealkylation sites (tertiary alicyclic amines) is 1. The number of aromatic nitrogens is 1. The van der Waals surface area contributed by atoms with Gasteiger partial charge in [-0.05, 0) is 42.0 Å². The molecule has 0 spiro atoms. The second-order valence-corrected chi connectivity index (χ2v) is 10.7. The summed E-state index contributed by atoms with van der Waals surface area (Å²) in [6, 6.07) is 12.5. The SMILES string of the molecule is COc1ccc(NC(=O)Cn2c3c(sc2=O)C(c2ccc(OC)cc2)C2C(=O)N(C(N)=O)C(=O)C2S3)cc1. The van der Waals surface area contributed by atoms with Crippen LogP contribution in [0, 0.1) is 5.92 Å². The van der Waals surface area contributed by atoms with Crippen LogP contribution in [0.2, 0.25) is 0 Å². The van der Waals surface area contributed by atoms with Crippen LogP contribution in [0.15, 0.2) is 58.4 Å². The number of primary amides is 1. The van der Waals surface area contributed by atoms with Crippen molar-refractivity contribution in [2.24, 2.45) is 11.7 Å². The lowest BCUT2D eigenvalue weighted by Gasteiger charge is -2.30. The molecular formula is C25H22N4O7S2. The number of nitrogens with two attached hydrogens (primary N) is 1. The van der Waals surface area contributed by atoms with Crippen molar-refractivity contribution in [3.05, 3.63) is 68.6 Å². The van der Waals surface area contributed by atoms with E-state index in [9.17, 15) is 24.0 Å². The molecule has 196 valence electrons. The molecule has 3 aromatic rings. The van der Waals surface area contributed by atoms with Gasteiger partial charge in [-0.1, -0.05) is 35.2 Å². The number of amides is 5. The van der Waals surface area contributed by atoms with Crippen molar-refractivity contribution < 1.29 is 28.7 Å². The van der Waals surface area contributed by atoms with Crippen molar-refractivity contribution in [3.63, 3.8) is 0 Å². The molecule has 38 heavy (non-hydrogen) atoms. The second-order valence-electron chi connectivity index (χ2n) is 8.57. The Labute approximate surface area is 224 Å². The fourth-order valence-electron chi connectivity index (χ4n) is 4.66. The standard InChI is InChI=1S/C25H22N4O7S2/c1-35-14-7-3-12(4-8-14)17-18-19(22(32)29(21(18)31)24(26)33)37-23-20(17)38-25(34)28(23)11-16(30)27-13-5-9-15(36-2)10-6-13/h3-10,17-19H,11H2,1-2H3,(H2,26,33)(H,27,30). The van der Waals surface area contributed by atoms with Gasteiger partial charge in [-0.15, -0.1) is 0 Å². The predicted molar refractivity (Wildman–Crippen MR) is 140 cm³/mol. The first-order valence-electron chi connectivity index (χ1n) is 11.4. The van der Waals surface area contributed by atoms with Gasteiger partial charge in [-0.25, -0.2) is 4.79 Å². The van der Waals surface area contributed by atoms with E-state index >= 15 is 0 Å². The zero-order valence-electron chi connectivity index (χ0n) is 20.2. The van der Waals surface area contributed by atoms with Crippen LogP contribution in [0.5, 0.6) is 11.5 Å². The Morgan fingerprint density at radius 1 is 0.947 bits per heavy atom. The number of hydrogen-bond acceptors (Lipinski definition) is 9. The van der Waals surface area contributed by atoms with E-state index in [0.717, 1.165) is 23.1 Å². The molecule has 2 aromatic carbocycles. The Morgan fingerprint density at radius 2 is 1.55 bits per heavy atom. The Hall–Kier alpha value is -4.10. The minimum atomic E-state index is -1.15. The maximum absolute atomic E-state index is 13.2. The van der Waals surface area contributed by atoms with Crippen LogP contribution in [0.1, 0.15) is 16.4 Å². The molecule has 5 rings (SSSR count). The number of nitrogens with one attached hydrogen (secondary N) is 1.